The van der Waals surface area contributed by atoms with Crippen LogP contribution in [0.25, 0.3) is 16.9 Å². The van der Waals surface area contributed by atoms with Crippen LogP contribution in [0.2, 0.25) is 0 Å². The Balaban J connectivity index is 1.34. The van der Waals surface area contributed by atoms with E-state index in [1.165, 1.54) is 37.8 Å². The van der Waals surface area contributed by atoms with E-state index in [0.717, 1.165) is 30.3 Å². The second-order valence-electron chi connectivity index (χ2n) is 7.82. The van der Waals surface area contributed by atoms with Gasteiger partial charge in [-0.3, -0.25) is 0 Å². The topological polar surface area (TPSA) is 68.8 Å². The third-order valence-electron chi connectivity index (χ3n) is 5.99. The fourth-order valence-corrected chi connectivity index (χ4v) is 4.43. The summed E-state index contributed by atoms with van der Waals surface area (Å²) in [6.45, 7) is 2.03. The summed E-state index contributed by atoms with van der Waals surface area (Å²) in [7, 11) is 0. The molecule has 2 aliphatic rings. The van der Waals surface area contributed by atoms with Crippen LogP contribution in [0.15, 0.2) is 22.7 Å². The maximum absolute atomic E-state index is 13.7. The Labute approximate surface area is 157 Å². The summed E-state index contributed by atoms with van der Waals surface area (Å²) in [5, 5.41) is 13.4. The van der Waals surface area contributed by atoms with Crippen molar-refractivity contribution in [2.75, 3.05) is 0 Å². The molecule has 7 heteroatoms. The first-order valence-electron chi connectivity index (χ1n) is 9.98. The molecule has 0 spiro atoms. The minimum Gasteiger partial charge on any atom is -0.337 e. The van der Waals surface area contributed by atoms with E-state index in [4.69, 9.17) is 4.52 Å². The maximum atomic E-state index is 13.7. The smallest absolute Gasteiger partial charge is 0.291 e. The minimum absolute atomic E-state index is 0.296. The van der Waals surface area contributed by atoms with Crippen LogP contribution in [0.5, 0.6) is 0 Å². The van der Waals surface area contributed by atoms with Gasteiger partial charge in [-0.15, -0.1) is 0 Å². The Morgan fingerprint density at radius 3 is 2.81 bits per heavy atom. The predicted octanol–water partition coefficient (Wildman–Crippen LogP) is 3.89. The molecule has 2 fully saturated rings. The monoisotopic (exact) mass is 369 g/mol. The Morgan fingerprint density at radius 1 is 1.22 bits per heavy atom. The first-order chi connectivity index (χ1) is 13.2. The maximum Gasteiger partial charge on any atom is 0.291 e. The fraction of sp³-hybridized carbons (Fsp3) is 0.550. The van der Waals surface area contributed by atoms with E-state index >= 15 is 0 Å². The average molecular weight is 369 g/mol. The molecule has 142 valence electrons. The van der Waals surface area contributed by atoms with Crippen LogP contribution in [0.1, 0.15) is 63.0 Å². The molecule has 0 saturated heterocycles. The number of halogens is 1. The lowest BCUT2D eigenvalue weighted by Gasteiger charge is -2.35. The molecule has 1 aromatic carbocycles. The molecule has 0 radical (unpaired) electrons. The van der Waals surface area contributed by atoms with Gasteiger partial charge < -0.3 is 9.84 Å². The molecule has 5 rings (SSSR count). The highest BCUT2D eigenvalue weighted by Crippen LogP contribution is 2.37. The van der Waals surface area contributed by atoms with Crippen LogP contribution in [-0.2, 0) is 6.42 Å². The molecule has 0 bridgehead atoms. The molecule has 0 aliphatic heterocycles. The van der Waals surface area contributed by atoms with Crippen molar-refractivity contribution < 1.29 is 8.91 Å². The zero-order valence-electron chi connectivity index (χ0n) is 15.5. The van der Waals surface area contributed by atoms with Gasteiger partial charge in [0.2, 0.25) is 5.89 Å². The first-order valence-corrected chi connectivity index (χ1v) is 9.98. The van der Waals surface area contributed by atoms with Crippen molar-refractivity contribution in [1.82, 2.24) is 25.2 Å². The number of nitrogens with one attached hydrogen (secondary N) is 1. The molecular weight excluding hydrogens is 345 g/mol. The van der Waals surface area contributed by atoms with E-state index in [0.29, 0.717) is 35.4 Å². The van der Waals surface area contributed by atoms with Gasteiger partial charge in [-0.2, -0.15) is 14.8 Å². The predicted molar refractivity (Wildman–Crippen MR) is 99.4 cm³/mol. The van der Waals surface area contributed by atoms with Crippen LogP contribution in [0.3, 0.4) is 0 Å². The summed E-state index contributed by atoms with van der Waals surface area (Å²) in [4.78, 5) is 4.57. The van der Waals surface area contributed by atoms with Gasteiger partial charge in [0.25, 0.3) is 5.95 Å². The molecule has 3 aromatic rings. The number of hydrogen-bond acceptors (Lipinski definition) is 5. The van der Waals surface area contributed by atoms with E-state index in [1.807, 2.05) is 6.92 Å². The fourth-order valence-electron chi connectivity index (χ4n) is 4.43. The Morgan fingerprint density at radius 2 is 2.04 bits per heavy atom. The quantitative estimate of drug-likeness (QED) is 0.739. The largest absolute Gasteiger partial charge is 0.337 e. The van der Waals surface area contributed by atoms with E-state index in [9.17, 15) is 4.39 Å². The highest BCUT2D eigenvalue weighted by molar-refractivity contribution is 5.83. The summed E-state index contributed by atoms with van der Waals surface area (Å²) >= 11 is 0. The summed E-state index contributed by atoms with van der Waals surface area (Å²) in [5.74, 6) is 1.05. The molecule has 0 atom stereocenters. The Kier molecular flexibility index (Phi) is 4.19. The zero-order valence-corrected chi connectivity index (χ0v) is 15.5. The second kappa shape index (κ2) is 6.71. The van der Waals surface area contributed by atoms with Crippen molar-refractivity contribution in [1.29, 1.82) is 0 Å². The molecule has 0 amide bonds. The molecule has 6 nitrogen and oxygen atoms in total. The molecule has 0 unspecified atom stereocenters. The van der Waals surface area contributed by atoms with Gasteiger partial charge in [0.15, 0.2) is 0 Å². The lowest BCUT2D eigenvalue weighted by atomic mass is 9.79. The summed E-state index contributed by atoms with van der Waals surface area (Å²) in [5.41, 5.74) is 1.58. The zero-order chi connectivity index (χ0) is 18.4. The van der Waals surface area contributed by atoms with E-state index in [2.05, 4.69) is 20.6 Å². The second-order valence-corrected chi connectivity index (χ2v) is 7.82. The Bertz CT molecular complexity index is 953. The van der Waals surface area contributed by atoms with Crippen molar-refractivity contribution in [3.05, 3.63) is 35.6 Å². The Hall–Kier alpha value is -2.28. The molecule has 1 N–H and O–H groups in total. The molecule has 2 saturated carbocycles. The van der Waals surface area contributed by atoms with Gasteiger partial charge >= 0.3 is 0 Å². The number of benzene rings is 1. The lowest BCUT2D eigenvalue weighted by molar-refractivity contribution is 0.220. The first kappa shape index (κ1) is 16.9. The summed E-state index contributed by atoms with van der Waals surface area (Å²) < 4.78 is 20.9. The minimum atomic E-state index is -0.296. The van der Waals surface area contributed by atoms with Crippen LogP contribution < -0.4 is 5.32 Å². The van der Waals surface area contributed by atoms with E-state index < -0.39 is 0 Å². The van der Waals surface area contributed by atoms with Crippen LogP contribution in [-0.4, -0.2) is 32.0 Å². The molecule has 2 aliphatic carbocycles. The van der Waals surface area contributed by atoms with Crippen LogP contribution >= 0.6 is 0 Å². The highest BCUT2D eigenvalue weighted by Gasteiger charge is 2.36. The van der Waals surface area contributed by atoms with Gasteiger partial charge in [0, 0.05) is 29.5 Å². The number of aromatic nitrogens is 4. The van der Waals surface area contributed by atoms with Gasteiger partial charge in [0.05, 0.1) is 11.2 Å². The normalized spacial score (nSPS) is 23.2. The molecule has 2 aromatic heterocycles. The number of fused-ring (bicyclic) bond motifs is 1. The number of hydrogen-bond donors (Lipinski definition) is 1. The third-order valence-corrected chi connectivity index (χ3v) is 5.99. The number of aryl methyl sites for hydroxylation is 1. The summed E-state index contributed by atoms with van der Waals surface area (Å²) in [6, 6.07) is 5.94. The molecular formula is C20H24FN5O. The molecule has 27 heavy (non-hydrogen) atoms. The van der Waals surface area contributed by atoms with Gasteiger partial charge in [-0.25, -0.2) is 4.39 Å². The van der Waals surface area contributed by atoms with Gasteiger partial charge in [0.1, 0.15) is 5.82 Å². The van der Waals surface area contributed by atoms with Crippen molar-refractivity contribution in [3.63, 3.8) is 0 Å². The lowest BCUT2D eigenvalue weighted by Crippen LogP contribution is -2.44. The molecule has 2 heterocycles. The van der Waals surface area contributed by atoms with Crippen LogP contribution in [0.4, 0.5) is 4.39 Å². The van der Waals surface area contributed by atoms with E-state index in [1.54, 1.807) is 10.7 Å². The van der Waals surface area contributed by atoms with Crippen molar-refractivity contribution in [3.8, 4) is 5.95 Å². The average Bonchev–Trinajstić information content (AvgIpc) is 3.36. The van der Waals surface area contributed by atoms with Crippen molar-refractivity contribution in [2.24, 2.45) is 0 Å². The number of nitrogens with zero attached hydrogens (tertiary/aromatic N) is 4. The van der Waals surface area contributed by atoms with Crippen molar-refractivity contribution in [2.45, 2.75) is 69.9 Å². The van der Waals surface area contributed by atoms with Gasteiger partial charge in [-0.1, -0.05) is 19.8 Å². The van der Waals surface area contributed by atoms with Crippen LogP contribution in [0, 0.1) is 5.82 Å². The van der Waals surface area contributed by atoms with E-state index in [-0.39, 0.29) is 5.82 Å². The summed E-state index contributed by atoms with van der Waals surface area (Å²) in [6.07, 6.45) is 8.12. The van der Waals surface area contributed by atoms with Crippen molar-refractivity contribution >= 4 is 10.9 Å². The highest BCUT2D eigenvalue weighted by atomic mass is 19.1. The SMILES string of the molecule is CCc1nn(-c2noc(C3CC(NC4CCCC4)C3)n2)c2cc(F)ccc12. The standard InChI is InChI=1S/C20H24FN5O/c1-2-17-16-8-7-13(21)11-18(16)26(24-17)20-23-19(27-25-20)12-9-15(10-12)22-14-5-3-4-6-14/h7-8,11-12,14-15,22H,2-6,9-10H2,1H3. The third kappa shape index (κ3) is 3.04. The van der Waals surface area contributed by atoms with Gasteiger partial charge in [-0.05, 0) is 49.4 Å². The number of rotatable bonds is 5.